The van der Waals surface area contributed by atoms with E-state index in [0.29, 0.717) is 12.2 Å². The SMILES string of the molecule is Cc1ncc(CNC(=O)c2cc(Br)cn2C(C)C)s1. The zero-order valence-electron chi connectivity index (χ0n) is 11.1. The summed E-state index contributed by atoms with van der Waals surface area (Å²) >= 11 is 5.01. The molecule has 0 bridgehead atoms. The Morgan fingerprint density at radius 2 is 2.32 bits per heavy atom. The lowest BCUT2D eigenvalue weighted by Crippen LogP contribution is -2.25. The third-order valence-electron chi connectivity index (χ3n) is 2.70. The molecule has 0 atom stereocenters. The predicted octanol–water partition coefficient (Wildman–Crippen LogP) is 3.53. The molecule has 102 valence electrons. The fourth-order valence-corrected chi connectivity index (χ4v) is 2.97. The van der Waals surface area contributed by atoms with Crippen molar-refractivity contribution in [1.82, 2.24) is 14.9 Å². The molecule has 0 aliphatic carbocycles. The van der Waals surface area contributed by atoms with Crippen LogP contribution in [-0.2, 0) is 6.54 Å². The van der Waals surface area contributed by atoms with E-state index in [9.17, 15) is 4.79 Å². The average molecular weight is 342 g/mol. The Labute approximate surface area is 125 Å². The van der Waals surface area contributed by atoms with Gasteiger partial charge in [0, 0.05) is 27.8 Å². The number of carbonyl (C=O) groups is 1. The highest BCUT2D eigenvalue weighted by Crippen LogP contribution is 2.19. The van der Waals surface area contributed by atoms with Gasteiger partial charge in [0.1, 0.15) is 5.69 Å². The highest BCUT2D eigenvalue weighted by molar-refractivity contribution is 9.10. The van der Waals surface area contributed by atoms with E-state index in [1.54, 1.807) is 17.5 Å². The van der Waals surface area contributed by atoms with Gasteiger partial charge in [0.2, 0.25) is 0 Å². The maximum absolute atomic E-state index is 12.2. The van der Waals surface area contributed by atoms with Crippen LogP contribution in [0.5, 0.6) is 0 Å². The lowest BCUT2D eigenvalue weighted by Gasteiger charge is -2.12. The van der Waals surface area contributed by atoms with Crippen molar-refractivity contribution in [2.24, 2.45) is 0 Å². The first kappa shape index (κ1) is 14.3. The Kier molecular flexibility index (Phi) is 4.42. The van der Waals surface area contributed by atoms with E-state index in [2.05, 4.69) is 40.1 Å². The normalized spacial score (nSPS) is 11.0. The summed E-state index contributed by atoms with van der Waals surface area (Å²) in [5.74, 6) is -0.0644. The molecule has 0 unspecified atom stereocenters. The molecule has 2 aromatic heterocycles. The Morgan fingerprint density at radius 1 is 1.58 bits per heavy atom. The molecule has 0 aromatic carbocycles. The number of hydrogen-bond donors (Lipinski definition) is 1. The molecule has 0 aliphatic rings. The standard InChI is InChI=1S/C13H16BrN3OS/c1-8(2)17-7-10(14)4-12(17)13(18)16-6-11-5-15-9(3)19-11/h4-5,7-8H,6H2,1-3H3,(H,16,18). The van der Waals surface area contributed by atoms with Gasteiger partial charge in [-0.2, -0.15) is 0 Å². The molecular formula is C13H16BrN3OS. The van der Waals surface area contributed by atoms with Crippen LogP contribution < -0.4 is 5.32 Å². The Bertz CT molecular complexity index is 588. The van der Waals surface area contributed by atoms with Gasteiger partial charge in [-0.05, 0) is 42.8 Å². The van der Waals surface area contributed by atoms with Gasteiger partial charge in [-0.25, -0.2) is 4.98 Å². The van der Waals surface area contributed by atoms with Crippen LogP contribution in [0.1, 0.15) is 40.3 Å². The first-order valence-electron chi connectivity index (χ1n) is 6.04. The molecule has 6 heteroatoms. The summed E-state index contributed by atoms with van der Waals surface area (Å²) in [6.45, 7) is 6.58. The maximum atomic E-state index is 12.2. The van der Waals surface area contributed by atoms with Crippen molar-refractivity contribution < 1.29 is 4.79 Å². The minimum absolute atomic E-state index is 0.0644. The molecule has 0 aliphatic heterocycles. The molecule has 1 amide bonds. The van der Waals surface area contributed by atoms with Crippen LogP contribution in [-0.4, -0.2) is 15.5 Å². The van der Waals surface area contributed by atoms with Crippen LogP contribution in [0.15, 0.2) is 22.9 Å². The minimum Gasteiger partial charge on any atom is -0.346 e. The summed E-state index contributed by atoms with van der Waals surface area (Å²) < 4.78 is 2.87. The number of rotatable bonds is 4. The smallest absolute Gasteiger partial charge is 0.268 e. The third kappa shape index (κ3) is 3.45. The Balaban J connectivity index is 2.07. The fourth-order valence-electron chi connectivity index (χ4n) is 1.80. The topological polar surface area (TPSA) is 46.9 Å². The largest absolute Gasteiger partial charge is 0.346 e. The summed E-state index contributed by atoms with van der Waals surface area (Å²) in [6, 6.07) is 2.09. The maximum Gasteiger partial charge on any atom is 0.268 e. The fraction of sp³-hybridized carbons (Fsp3) is 0.385. The zero-order valence-corrected chi connectivity index (χ0v) is 13.5. The van der Waals surface area contributed by atoms with Crippen LogP contribution in [0.4, 0.5) is 0 Å². The quantitative estimate of drug-likeness (QED) is 0.924. The van der Waals surface area contributed by atoms with Crippen LogP contribution in [0.2, 0.25) is 0 Å². The van der Waals surface area contributed by atoms with Crippen molar-refractivity contribution in [1.29, 1.82) is 0 Å². The minimum atomic E-state index is -0.0644. The molecule has 0 saturated carbocycles. The number of halogens is 1. The van der Waals surface area contributed by atoms with Gasteiger partial charge in [0.05, 0.1) is 11.6 Å². The molecular weight excluding hydrogens is 326 g/mol. The summed E-state index contributed by atoms with van der Waals surface area (Å²) in [6.07, 6.45) is 3.73. The predicted molar refractivity (Wildman–Crippen MR) is 80.5 cm³/mol. The first-order chi connectivity index (χ1) is 8.97. The molecule has 0 saturated heterocycles. The van der Waals surface area contributed by atoms with Crippen LogP contribution in [0.3, 0.4) is 0 Å². The van der Waals surface area contributed by atoms with Crippen molar-refractivity contribution in [3.8, 4) is 0 Å². The van der Waals surface area contributed by atoms with E-state index in [0.717, 1.165) is 14.4 Å². The molecule has 2 rings (SSSR count). The van der Waals surface area contributed by atoms with Crippen molar-refractivity contribution >= 4 is 33.2 Å². The summed E-state index contributed by atoms with van der Waals surface area (Å²) in [7, 11) is 0. The van der Waals surface area contributed by atoms with Gasteiger partial charge in [-0.15, -0.1) is 11.3 Å². The van der Waals surface area contributed by atoms with E-state index in [1.165, 1.54) is 0 Å². The van der Waals surface area contributed by atoms with Crippen LogP contribution in [0, 0.1) is 6.92 Å². The second kappa shape index (κ2) is 5.88. The number of carbonyl (C=O) groups excluding carboxylic acids is 1. The number of amides is 1. The van der Waals surface area contributed by atoms with Gasteiger partial charge in [-0.3, -0.25) is 4.79 Å². The highest BCUT2D eigenvalue weighted by atomic mass is 79.9. The van der Waals surface area contributed by atoms with Crippen molar-refractivity contribution in [2.75, 3.05) is 0 Å². The van der Waals surface area contributed by atoms with Crippen LogP contribution >= 0.6 is 27.3 Å². The number of aryl methyl sites for hydroxylation is 1. The third-order valence-corrected chi connectivity index (χ3v) is 4.04. The molecule has 0 radical (unpaired) electrons. The van der Waals surface area contributed by atoms with Crippen LogP contribution in [0.25, 0.3) is 0 Å². The molecule has 0 fully saturated rings. The van der Waals surface area contributed by atoms with Crippen molar-refractivity contribution in [2.45, 2.75) is 33.4 Å². The molecule has 0 spiro atoms. The summed E-state index contributed by atoms with van der Waals surface area (Å²) in [4.78, 5) is 17.4. The van der Waals surface area contributed by atoms with E-state index >= 15 is 0 Å². The Hall–Kier alpha value is -1.14. The van der Waals surface area contributed by atoms with Gasteiger partial charge >= 0.3 is 0 Å². The van der Waals surface area contributed by atoms with Gasteiger partial charge < -0.3 is 9.88 Å². The molecule has 2 heterocycles. The van der Waals surface area contributed by atoms with Gasteiger partial charge in [-0.1, -0.05) is 0 Å². The number of aromatic nitrogens is 2. The molecule has 19 heavy (non-hydrogen) atoms. The van der Waals surface area contributed by atoms with E-state index < -0.39 is 0 Å². The number of nitrogens with one attached hydrogen (secondary N) is 1. The van der Waals surface area contributed by atoms with E-state index in [4.69, 9.17) is 0 Å². The molecule has 1 N–H and O–H groups in total. The van der Waals surface area contributed by atoms with Gasteiger partial charge in [0.25, 0.3) is 5.91 Å². The van der Waals surface area contributed by atoms with E-state index in [1.807, 2.05) is 23.8 Å². The number of nitrogens with zero attached hydrogens (tertiary/aromatic N) is 2. The second-order valence-electron chi connectivity index (χ2n) is 4.57. The monoisotopic (exact) mass is 341 g/mol. The highest BCUT2D eigenvalue weighted by Gasteiger charge is 2.14. The van der Waals surface area contributed by atoms with Gasteiger partial charge in [0.15, 0.2) is 0 Å². The van der Waals surface area contributed by atoms with E-state index in [-0.39, 0.29) is 11.9 Å². The molecule has 2 aromatic rings. The summed E-state index contributed by atoms with van der Waals surface area (Å²) in [5, 5.41) is 3.94. The average Bonchev–Trinajstić information content (AvgIpc) is 2.92. The lowest BCUT2D eigenvalue weighted by atomic mass is 10.3. The first-order valence-corrected chi connectivity index (χ1v) is 7.65. The second-order valence-corrected chi connectivity index (χ2v) is 6.81. The Morgan fingerprint density at radius 3 is 2.89 bits per heavy atom. The lowest BCUT2D eigenvalue weighted by molar-refractivity contribution is 0.0940. The van der Waals surface area contributed by atoms with Crippen molar-refractivity contribution in [3.63, 3.8) is 0 Å². The molecule has 4 nitrogen and oxygen atoms in total. The van der Waals surface area contributed by atoms with Crippen molar-refractivity contribution in [3.05, 3.63) is 38.5 Å². The summed E-state index contributed by atoms with van der Waals surface area (Å²) in [5.41, 5.74) is 0.670. The number of thiazole rings is 1. The zero-order chi connectivity index (χ0) is 14.0. The number of hydrogen-bond acceptors (Lipinski definition) is 3.